The zero-order chi connectivity index (χ0) is 16.8. The minimum atomic E-state index is -0.256. The van der Waals surface area contributed by atoms with Gasteiger partial charge in [-0.15, -0.1) is 0 Å². The van der Waals surface area contributed by atoms with E-state index in [1.165, 1.54) is 12.1 Å². The van der Waals surface area contributed by atoms with Gasteiger partial charge in [0.1, 0.15) is 5.82 Å². The topological polar surface area (TPSA) is 41.1 Å². The molecule has 0 unspecified atom stereocenters. The van der Waals surface area contributed by atoms with E-state index >= 15 is 0 Å². The van der Waals surface area contributed by atoms with Crippen LogP contribution in [0.15, 0.2) is 48.5 Å². The SMILES string of the molecule is Cc1ccc(NC(=O)CN[C@@H](c2ccc(F)cc2)C(C)C)cc1. The summed E-state index contributed by atoms with van der Waals surface area (Å²) in [5.41, 5.74) is 2.91. The molecule has 2 aromatic rings. The number of aryl methyl sites for hydroxylation is 1. The maximum absolute atomic E-state index is 13.1. The first-order valence-electron chi connectivity index (χ1n) is 7.81. The third kappa shape index (κ3) is 5.18. The molecule has 0 aliphatic rings. The number of anilines is 1. The molecule has 0 heterocycles. The van der Waals surface area contributed by atoms with E-state index in [2.05, 4.69) is 24.5 Å². The van der Waals surface area contributed by atoms with E-state index in [0.29, 0.717) is 0 Å². The molecule has 2 aromatic carbocycles. The Hall–Kier alpha value is -2.20. The summed E-state index contributed by atoms with van der Waals surface area (Å²) in [4.78, 5) is 12.1. The molecule has 0 spiro atoms. The summed E-state index contributed by atoms with van der Waals surface area (Å²) >= 11 is 0. The monoisotopic (exact) mass is 314 g/mol. The highest BCUT2D eigenvalue weighted by Crippen LogP contribution is 2.21. The van der Waals surface area contributed by atoms with Crippen LogP contribution in [0.5, 0.6) is 0 Å². The van der Waals surface area contributed by atoms with Crippen molar-refractivity contribution in [2.75, 3.05) is 11.9 Å². The zero-order valence-electron chi connectivity index (χ0n) is 13.8. The first-order chi connectivity index (χ1) is 11.0. The van der Waals surface area contributed by atoms with Crippen LogP contribution in [-0.2, 0) is 4.79 Å². The average Bonchev–Trinajstić information content (AvgIpc) is 2.51. The minimum absolute atomic E-state index is 0.000585. The lowest BCUT2D eigenvalue weighted by Gasteiger charge is -2.22. The molecule has 0 aliphatic heterocycles. The van der Waals surface area contributed by atoms with Gasteiger partial charge in [-0.25, -0.2) is 4.39 Å². The van der Waals surface area contributed by atoms with Crippen molar-refractivity contribution in [3.8, 4) is 0 Å². The highest BCUT2D eigenvalue weighted by Gasteiger charge is 2.16. The van der Waals surface area contributed by atoms with Crippen LogP contribution in [0.1, 0.15) is 31.0 Å². The Kier molecular flexibility index (Phi) is 5.88. The second kappa shape index (κ2) is 7.88. The molecule has 0 aliphatic carbocycles. The van der Waals surface area contributed by atoms with Gasteiger partial charge in [-0.05, 0) is 42.7 Å². The highest BCUT2D eigenvalue weighted by molar-refractivity contribution is 5.92. The zero-order valence-corrected chi connectivity index (χ0v) is 13.8. The summed E-state index contributed by atoms with van der Waals surface area (Å²) < 4.78 is 13.1. The van der Waals surface area contributed by atoms with Crippen molar-refractivity contribution in [1.29, 1.82) is 0 Å². The normalized spacial score (nSPS) is 12.2. The Morgan fingerprint density at radius 3 is 2.22 bits per heavy atom. The lowest BCUT2D eigenvalue weighted by atomic mass is 9.96. The minimum Gasteiger partial charge on any atom is -0.325 e. The highest BCUT2D eigenvalue weighted by atomic mass is 19.1. The Morgan fingerprint density at radius 2 is 1.65 bits per heavy atom. The molecule has 0 bridgehead atoms. The predicted octanol–water partition coefficient (Wildman–Crippen LogP) is 4.06. The fourth-order valence-electron chi connectivity index (χ4n) is 2.45. The molecule has 0 fully saturated rings. The van der Waals surface area contributed by atoms with Gasteiger partial charge in [0.05, 0.1) is 6.54 Å². The van der Waals surface area contributed by atoms with Gasteiger partial charge in [-0.1, -0.05) is 43.7 Å². The van der Waals surface area contributed by atoms with Crippen molar-refractivity contribution in [1.82, 2.24) is 5.32 Å². The summed E-state index contributed by atoms with van der Waals surface area (Å²) in [7, 11) is 0. The standard InChI is InChI=1S/C19H23FN2O/c1-13(2)19(15-6-8-16(20)9-7-15)21-12-18(23)22-17-10-4-14(3)5-11-17/h4-11,13,19,21H,12H2,1-3H3,(H,22,23)/t19-/m1/s1. The number of carbonyl (C=O) groups excluding carboxylic acids is 1. The van der Waals surface area contributed by atoms with Crippen LogP contribution in [0, 0.1) is 18.7 Å². The van der Waals surface area contributed by atoms with Crippen molar-refractivity contribution >= 4 is 11.6 Å². The van der Waals surface area contributed by atoms with Gasteiger partial charge < -0.3 is 10.6 Å². The van der Waals surface area contributed by atoms with Gasteiger partial charge in [-0.2, -0.15) is 0 Å². The molecular formula is C19H23FN2O. The lowest BCUT2D eigenvalue weighted by Crippen LogP contribution is -2.33. The number of benzene rings is 2. The van der Waals surface area contributed by atoms with Gasteiger partial charge in [0.25, 0.3) is 0 Å². The molecule has 0 aromatic heterocycles. The van der Waals surface area contributed by atoms with Crippen LogP contribution in [0.3, 0.4) is 0 Å². The lowest BCUT2D eigenvalue weighted by molar-refractivity contribution is -0.115. The number of rotatable bonds is 6. The average molecular weight is 314 g/mol. The first kappa shape index (κ1) is 17.2. The van der Waals surface area contributed by atoms with Crippen molar-refractivity contribution in [2.24, 2.45) is 5.92 Å². The van der Waals surface area contributed by atoms with Gasteiger partial charge in [0.15, 0.2) is 0 Å². The molecule has 2 rings (SSSR count). The molecule has 122 valence electrons. The Balaban J connectivity index is 1.94. The molecule has 4 heteroatoms. The molecule has 2 N–H and O–H groups in total. The van der Waals surface area contributed by atoms with Crippen molar-refractivity contribution < 1.29 is 9.18 Å². The maximum Gasteiger partial charge on any atom is 0.238 e. The number of carbonyl (C=O) groups is 1. The summed E-state index contributed by atoms with van der Waals surface area (Å²) in [6, 6.07) is 14.1. The number of amides is 1. The predicted molar refractivity (Wildman–Crippen MR) is 91.8 cm³/mol. The quantitative estimate of drug-likeness (QED) is 0.844. The third-order valence-electron chi connectivity index (χ3n) is 3.71. The molecule has 1 amide bonds. The first-order valence-corrected chi connectivity index (χ1v) is 7.81. The Labute approximate surface area is 136 Å². The molecule has 3 nitrogen and oxygen atoms in total. The van der Waals surface area contributed by atoms with Crippen molar-refractivity contribution in [2.45, 2.75) is 26.8 Å². The van der Waals surface area contributed by atoms with E-state index < -0.39 is 0 Å². The maximum atomic E-state index is 13.1. The summed E-state index contributed by atoms with van der Waals surface area (Å²) in [5.74, 6) is -0.0670. The van der Waals surface area contributed by atoms with Crippen LogP contribution >= 0.6 is 0 Å². The molecule has 0 saturated carbocycles. The molecule has 0 radical (unpaired) electrons. The van der Waals surface area contributed by atoms with E-state index in [-0.39, 0.29) is 30.2 Å². The molecule has 23 heavy (non-hydrogen) atoms. The second-order valence-corrected chi connectivity index (χ2v) is 6.07. The van der Waals surface area contributed by atoms with Crippen LogP contribution in [0.2, 0.25) is 0 Å². The van der Waals surface area contributed by atoms with E-state index in [1.54, 1.807) is 12.1 Å². The van der Waals surface area contributed by atoms with Gasteiger partial charge in [0, 0.05) is 11.7 Å². The number of hydrogen-bond donors (Lipinski definition) is 2. The Morgan fingerprint density at radius 1 is 1.04 bits per heavy atom. The summed E-state index contributed by atoms with van der Waals surface area (Å²) in [6.45, 7) is 6.34. The van der Waals surface area contributed by atoms with Crippen LogP contribution in [0.25, 0.3) is 0 Å². The van der Waals surface area contributed by atoms with Crippen molar-refractivity contribution in [3.63, 3.8) is 0 Å². The van der Waals surface area contributed by atoms with E-state index in [0.717, 1.165) is 16.8 Å². The third-order valence-corrected chi connectivity index (χ3v) is 3.71. The second-order valence-electron chi connectivity index (χ2n) is 6.07. The fraction of sp³-hybridized carbons (Fsp3) is 0.316. The number of nitrogens with one attached hydrogen (secondary N) is 2. The molecule has 0 saturated heterocycles. The van der Waals surface area contributed by atoms with E-state index in [1.807, 2.05) is 31.2 Å². The molecule has 1 atom stereocenters. The molecular weight excluding hydrogens is 291 g/mol. The summed E-state index contributed by atoms with van der Waals surface area (Å²) in [6.07, 6.45) is 0. The van der Waals surface area contributed by atoms with E-state index in [9.17, 15) is 9.18 Å². The largest absolute Gasteiger partial charge is 0.325 e. The van der Waals surface area contributed by atoms with Gasteiger partial charge in [-0.3, -0.25) is 4.79 Å². The number of hydrogen-bond acceptors (Lipinski definition) is 2. The van der Waals surface area contributed by atoms with Gasteiger partial charge in [0.2, 0.25) is 5.91 Å². The van der Waals surface area contributed by atoms with Crippen LogP contribution in [0.4, 0.5) is 10.1 Å². The number of halogens is 1. The Bertz CT molecular complexity index is 635. The fourth-order valence-corrected chi connectivity index (χ4v) is 2.45. The van der Waals surface area contributed by atoms with Crippen LogP contribution < -0.4 is 10.6 Å². The van der Waals surface area contributed by atoms with Crippen molar-refractivity contribution in [3.05, 3.63) is 65.5 Å². The summed E-state index contributed by atoms with van der Waals surface area (Å²) in [5, 5.41) is 6.11. The van der Waals surface area contributed by atoms with Gasteiger partial charge >= 0.3 is 0 Å². The van der Waals surface area contributed by atoms with Crippen LogP contribution in [-0.4, -0.2) is 12.5 Å². The van der Waals surface area contributed by atoms with E-state index in [4.69, 9.17) is 0 Å². The smallest absolute Gasteiger partial charge is 0.238 e.